The summed E-state index contributed by atoms with van der Waals surface area (Å²) in [5.41, 5.74) is 1.92. The molecule has 1 aromatic rings. The molecule has 0 bridgehead atoms. The molecule has 1 heteroatoms. The van der Waals surface area contributed by atoms with E-state index < -0.39 is 0 Å². The van der Waals surface area contributed by atoms with Gasteiger partial charge in [-0.2, -0.15) is 0 Å². The van der Waals surface area contributed by atoms with Crippen molar-refractivity contribution in [1.82, 2.24) is 5.32 Å². The lowest BCUT2D eigenvalue weighted by atomic mass is 9.77. The molecule has 0 amide bonds. The van der Waals surface area contributed by atoms with E-state index >= 15 is 0 Å². The highest BCUT2D eigenvalue weighted by atomic mass is 14.9. The first kappa shape index (κ1) is 18.2. The number of benzene rings is 1. The molecule has 1 heterocycles. The third-order valence-corrected chi connectivity index (χ3v) is 3.81. The van der Waals surface area contributed by atoms with Gasteiger partial charge in [0.25, 0.3) is 0 Å². The van der Waals surface area contributed by atoms with E-state index in [9.17, 15) is 0 Å². The van der Waals surface area contributed by atoms with Crippen LogP contribution < -0.4 is 5.32 Å². The summed E-state index contributed by atoms with van der Waals surface area (Å²) >= 11 is 0. The molecule has 1 aliphatic rings. The van der Waals surface area contributed by atoms with E-state index in [4.69, 9.17) is 0 Å². The molecule has 1 unspecified atom stereocenters. The maximum absolute atomic E-state index is 3.46. The van der Waals surface area contributed by atoms with E-state index in [1.807, 2.05) is 13.8 Å². The lowest BCUT2D eigenvalue weighted by Crippen LogP contribution is -2.27. The predicted octanol–water partition coefficient (Wildman–Crippen LogP) is 5.16. The van der Waals surface area contributed by atoms with E-state index in [2.05, 4.69) is 56.4 Å². The Morgan fingerprint density at radius 3 is 1.95 bits per heavy atom. The second kappa shape index (κ2) is 11.0. The maximum Gasteiger partial charge on any atom is 0.00872 e. The Hall–Kier alpha value is -0.820. The zero-order valence-corrected chi connectivity index (χ0v) is 13.6. The lowest BCUT2D eigenvalue weighted by Gasteiger charge is -2.27. The fourth-order valence-electron chi connectivity index (χ4n) is 2.29. The van der Waals surface area contributed by atoms with Crippen LogP contribution in [0.5, 0.6) is 0 Å². The summed E-state index contributed by atoms with van der Waals surface area (Å²) in [6, 6.07) is 10.9. The van der Waals surface area contributed by atoms with Crippen molar-refractivity contribution in [2.24, 2.45) is 0 Å². The minimum atomic E-state index is 0.418. The van der Waals surface area contributed by atoms with Crippen molar-refractivity contribution in [3.05, 3.63) is 35.9 Å². The fourth-order valence-corrected chi connectivity index (χ4v) is 2.29. The van der Waals surface area contributed by atoms with Crippen LogP contribution in [0.1, 0.15) is 65.9 Å². The Morgan fingerprint density at radius 1 is 1.00 bits per heavy atom. The van der Waals surface area contributed by atoms with Gasteiger partial charge in [-0.05, 0) is 24.9 Å². The molecule has 0 aliphatic carbocycles. The summed E-state index contributed by atoms with van der Waals surface area (Å²) in [7, 11) is 0. The molecule has 1 saturated heterocycles. The van der Waals surface area contributed by atoms with Crippen molar-refractivity contribution < 1.29 is 0 Å². The normalized spacial score (nSPS) is 20.9. The van der Waals surface area contributed by atoms with Crippen molar-refractivity contribution in [3.63, 3.8) is 0 Å². The third kappa shape index (κ3) is 5.78. The molecule has 1 aromatic carbocycles. The summed E-state index contributed by atoms with van der Waals surface area (Å²) < 4.78 is 0. The molecule has 19 heavy (non-hydrogen) atoms. The van der Waals surface area contributed by atoms with E-state index in [1.165, 1.54) is 37.8 Å². The molecule has 2 rings (SSSR count). The second-order valence-corrected chi connectivity index (χ2v) is 4.93. The summed E-state index contributed by atoms with van der Waals surface area (Å²) in [6.45, 7) is 13.0. The van der Waals surface area contributed by atoms with Crippen LogP contribution in [-0.4, -0.2) is 13.1 Å². The van der Waals surface area contributed by atoms with Gasteiger partial charge in [-0.1, -0.05) is 77.8 Å². The highest BCUT2D eigenvalue weighted by molar-refractivity contribution is 5.27. The Morgan fingerprint density at radius 2 is 1.58 bits per heavy atom. The predicted molar refractivity (Wildman–Crippen MR) is 87.8 cm³/mol. The van der Waals surface area contributed by atoms with Gasteiger partial charge in [-0.15, -0.1) is 0 Å². The SMILES string of the molecule is CC.CCC1(c2ccccc2)CCNC1.CCCC. The average Bonchev–Trinajstić information content (AvgIpc) is 3.01. The van der Waals surface area contributed by atoms with E-state index in [-0.39, 0.29) is 0 Å². The maximum atomic E-state index is 3.46. The molecule has 0 spiro atoms. The van der Waals surface area contributed by atoms with E-state index in [0.29, 0.717) is 5.41 Å². The molecule has 0 radical (unpaired) electrons. The van der Waals surface area contributed by atoms with Gasteiger partial charge < -0.3 is 5.32 Å². The first-order valence-electron chi connectivity index (χ1n) is 8.05. The number of hydrogen-bond donors (Lipinski definition) is 1. The standard InChI is InChI=1S/C12H17N.C4H10.C2H6/c1-2-12(8-9-13-10-12)11-6-4-3-5-7-11;1-3-4-2;1-2/h3-7,13H,2,8-10H2,1H3;3-4H2,1-2H3;1-2H3. The van der Waals surface area contributed by atoms with Crippen LogP contribution in [0, 0.1) is 0 Å². The quantitative estimate of drug-likeness (QED) is 0.794. The van der Waals surface area contributed by atoms with Gasteiger partial charge >= 0.3 is 0 Å². The fraction of sp³-hybridized carbons (Fsp3) is 0.667. The third-order valence-electron chi connectivity index (χ3n) is 3.81. The van der Waals surface area contributed by atoms with Crippen molar-refractivity contribution in [2.45, 2.75) is 65.7 Å². The van der Waals surface area contributed by atoms with Crippen LogP contribution in [0.2, 0.25) is 0 Å². The first-order valence-corrected chi connectivity index (χ1v) is 8.05. The number of rotatable bonds is 3. The summed E-state index contributed by atoms with van der Waals surface area (Å²) in [5, 5.41) is 3.46. The van der Waals surface area contributed by atoms with Gasteiger partial charge in [-0.25, -0.2) is 0 Å². The molecule has 0 aromatic heterocycles. The second-order valence-electron chi connectivity index (χ2n) is 4.93. The molecular formula is C18H33N. The zero-order chi connectivity index (χ0) is 14.6. The van der Waals surface area contributed by atoms with Crippen LogP contribution >= 0.6 is 0 Å². The van der Waals surface area contributed by atoms with Crippen molar-refractivity contribution in [2.75, 3.05) is 13.1 Å². The van der Waals surface area contributed by atoms with E-state index in [0.717, 1.165) is 6.54 Å². The Kier molecular flexibility index (Phi) is 10.6. The van der Waals surface area contributed by atoms with Crippen LogP contribution in [0.25, 0.3) is 0 Å². The first-order chi connectivity index (χ1) is 9.29. The molecule has 1 nitrogen and oxygen atoms in total. The van der Waals surface area contributed by atoms with Gasteiger partial charge in [0, 0.05) is 12.0 Å². The molecule has 0 saturated carbocycles. The van der Waals surface area contributed by atoms with Crippen LogP contribution in [-0.2, 0) is 5.41 Å². The van der Waals surface area contributed by atoms with Crippen molar-refractivity contribution in [1.29, 1.82) is 0 Å². The molecule has 1 aliphatic heterocycles. The van der Waals surface area contributed by atoms with Gasteiger partial charge in [0.1, 0.15) is 0 Å². The average molecular weight is 263 g/mol. The number of hydrogen-bond acceptors (Lipinski definition) is 1. The monoisotopic (exact) mass is 263 g/mol. The summed E-state index contributed by atoms with van der Waals surface area (Å²) in [6.07, 6.45) is 5.16. The topological polar surface area (TPSA) is 12.0 Å². The van der Waals surface area contributed by atoms with Crippen molar-refractivity contribution >= 4 is 0 Å². The van der Waals surface area contributed by atoms with Crippen LogP contribution in [0.4, 0.5) is 0 Å². The smallest absolute Gasteiger partial charge is 0.00872 e. The lowest BCUT2D eigenvalue weighted by molar-refractivity contribution is 0.454. The minimum absolute atomic E-state index is 0.418. The Bertz CT molecular complexity index is 284. The van der Waals surface area contributed by atoms with Gasteiger partial charge in [-0.3, -0.25) is 0 Å². The minimum Gasteiger partial charge on any atom is -0.316 e. The Labute approximate surface area is 120 Å². The number of nitrogens with one attached hydrogen (secondary N) is 1. The summed E-state index contributed by atoms with van der Waals surface area (Å²) in [5.74, 6) is 0. The highest BCUT2D eigenvalue weighted by Gasteiger charge is 2.33. The highest BCUT2D eigenvalue weighted by Crippen LogP contribution is 2.33. The van der Waals surface area contributed by atoms with Crippen LogP contribution in [0.15, 0.2) is 30.3 Å². The molecular weight excluding hydrogens is 230 g/mol. The summed E-state index contributed by atoms with van der Waals surface area (Å²) in [4.78, 5) is 0. The largest absolute Gasteiger partial charge is 0.316 e. The van der Waals surface area contributed by atoms with Gasteiger partial charge in [0.2, 0.25) is 0 Å². The number of unbranched alkanes of at least 4 members (excludes halogenated alkanes) is 1. The molecule has 1 fully saturated rings. The van der Waals surface area contributed by atoms with Crippen molar-refractivity contribution in [3.8, 4) is 0 Å². The molecule has 1 atom stereocenters. The zero-order valence-electron chi connectivity index (χ0n) is 13.6. The molecule has 110 valence electrons. The van der Waals surface area contributed by atoms with E-state index in [1.54, 1.807) is 0 Å². The molecule has 1 N–H and O–H groups in total. The van der Waals surface area contributed by atoms with Gasteiger partial charge in [0.05, 0.1) is 0 Å². The van der Waals surface area contributed by atoms with Gasteiger partial charge in [0.15, 0.2) is 0 Å². The van der Waals surface area contributed by atoms with Crippen LogP contribution in [0.3, 0.4) is 0 Å². The Balaban J connectivity index is 0.000000467.